The standard InChI is InChI=1S/C10H8N4O2/c11-8-4-3-7(2-1-5-13-14-12)9(6-8)10(15)16/h3-4,6H,5,11H2,(H,15,16). The summed E-state index contributed by atoms with van der Waals surface area (Å²) in [5.41, 5.74) is 14.2. The van der Waals surface area contributed by atoms with Crippen molar-refractivity contribution in [3.8, 4) is 11.8 Å². The summed E-state index contributed by atoms with van der Waals surface area (Å²) in [5, 5.41) is 12.1. The fraction of sp³-hybridized carbons (Fsp3) is 0.100. The molecule has 16 heavy (non-hydrogen) atoms. The van der Waals surface area contributed by atoms with Crippen LogP contribution in [0.5, 0.6) is 0 Å². The molecule has 0 fully saturated rings. The van der Waals surface area contributed by atoms with Gasteiger partial charge in [-0.05, 0) is 23.7 Å². The Balaban J connectivity index is 3.06. The first kappa shape index (κ1) is 11.4. The largest absolute Gasteiger partial charge is 0.478 e. The van der Waals surface area contributed by atoms with Crippen molar-refractivity contribution in [3.05, 3.63) is 39.8 Å². The quantitative estimate of drug-likeness (QED) is 0.257. The van der Waals surface area contributed by atoms with Gasteiger partial charge in [0.1, 0.15) is 0 Å². The SMILES string of the molecule is [N-]=[N+]=NCC#Cc1ccc(N)cc1C(=O)O. The average molecular weight is 216 g/mol. The molecule has 0 saturated carbocycles. The Kier molecular flexibility index (Phi) is 3.78. The number of aromatic carboxylic acids is 1. The molecule has 1 rings (SSSR count). The van der Waals surface area contributed by atoms with Gasteiger partial charge in [-0.1, -0.05) is 17.0 Å². The van der Waals surface area contributed by atoms with Crippen molar-refractivity contribution in [3.63, 3.8) is 0 Å². The number of anilines is 1. The van der Waals surface area contributed by atoms with Gasteiger partial charge in [-0.2, -0.15) is 0 Å². The molecule has 6 heteroatoms. The van der Waals surface area contributed by atoms with E-state index in [1.807, 2.05) is 0 Å². The zero-order valence-electron chi connectivity index (χ0n) is 8.21. The third-order valence-corrected chi connectivity index (χ3v) is 1.71. The van der Waals surface area contributed by atoms with Crippen molar-refractivity contribution in [2.75, 3.05) is 12.3 Å². The molecule has 0 unspecified atom stereocenters. The fourth-order valence-electron chi connectivity index (χ4n) is 1.05. The van der Waals surface area contributed by atoms with E-state index in [0.717, 1.165) is 0 Å². The number of azide groups is 1. The molecule has 0 amide bonds. The van der Waals surface area contributed by atoms with Gasteiger partial charge in [-0.3, -0.25) is 0 Å². The monoisotopic (exact) mass is 216 g/mol. The predicted molar refractivity (Wildman–Crippen MR) is 58.7 cm³/mol. The minimum atomic E-state index is -1.10. The van der Waals surface area contributed by atoms with Gasteiger partial charge in [-0.25, -0.2) is 4.79 Å². The molecule has 1 aromatic rings. The predicted octanol–water partition coefficient (Wildman–Crippen LogP) is 1.63. The van der Waals surface area contributed by atoms with Crippen LogP contribution in [0.3, 0.4) is 0 Å². The summed E-state index contributed by atoms with van der Waals surface area (Å²) in [6, 6.07) is 4.41. The third kappa shape index (κ3) is 2.94. The number of nitrogens with two attached hydrogens (primary N) is 1. The second-order valence-electron chi connectivity index (χ2n) is 2.80. The molecule has 1 aromatic carbocycles. The van der Waals surface area contributed by atoms with E-state index >= 15 is 0 Å². The summed E-state index contributed by atoms with van der Waals surface area (Å²) < 4.78 is 0. The van der Waals surface area contributed by atoms with Gasteiger partial charge in [0.2, 0.25) is 0 Å². The molecule has 6 nitrogen and oxygen atoms in total. The number of carboxylic acid groups (broad SMARTS) is 1. The summed E-state index contributed by atoms with van der Waals surface area (Å²) in [6.45, 7) is -0.0000640. The Bertz CT molecular complexity index is 521. The van der Waals surface area contributed by atoms with Crippen LogP contribution in [0.25, 0.3) is 10.4 Å². The summed E-state index contributed by atoms with van der Waals surface area (Å²) in [4.78, 5) is 13.4. The molecule has 0 atom stereocenters. The Morgan fingerprint density at radius 2 is 2.38 bits per heavy atom. The van der Waals surface area contributed by atoms with E-state index < -0.39 is 5.97 Å². The Morgan fingerprint density at radius 1 is 1.62 bits per heavy atom. The Hall–Kier alpha value is -2.64. The zero-order chi connectivity index (χ0) is 12.0. The lowest BCUT2D eigenvalue weighted by atomic mass is 10.1. The molecule has 0 aliphatic heterocycles. The Labute approximate surface area is 91.3 Å². The molecule has 0 aliphatic rings. The first-order valence-corrected chi connectivity index (χ1v) is 4.27. The van der Waals surface area contributed by atoms with Crippen LogP contribution >= 0.6 is 0 Å². The average Bonchev–Trinajstić information content (AvgIpc) is 2.26. The van der Waals surface area contributed by atoms with Gasteiger partial charge >= 0.3 is 5.97 Å². The molecule has 0 saturated heterocycles. The number of hydrogen-bond acceptors (Lipinski definition) is 3. The molecule has 80 valence electrons. The molecule has 0 spiro atoms. The number of rotatable bonds is 2. The smallest absolute Gasteiger partial charge is 0.337 e. The van der Waals surface area contributed by atoms with Crippen LogP contribution in [0.1, 0.15) is 15.9 Å². The van der Waals surface area contributed by atoms with Gasteiger partial charge in [0, 0.05) is 16.2 Å². The number of benzene rings is 1. The lowest BCUT2D eigenvalue weighted by molar-refractivity contribution is 0.0696. The van der Waals surface area contributed by atoms with Crippen molar-refractivity contribution in [1.82, 2.24) is 0 Å². The van der Waals surface area contributed by atoms with E-state index in [9.17, 15) is 4.79 Å². The van der Waals surface area contributed by atoms with Crippen LogP contribution in [0, 0.1) is 11.8 Å². The lowest BCUT2D eigenvalue weighted by Gasteiger charge is -2.00. The molecule has 0 aliphatic carbocycles. The van der Waals surface area contributed by atoms with Gasteiger partial charge in [0.05, 0.1) is 12.1 Å². The molecule has 0 heterocycles. The summed E-state index contributed by atoms with van der Waals surface area (Å²) in [6.07, 6.45) is 0. The zero-order valence-corrected chi connectivity index (χ0v) is 8.21. The lowest BCUT2D eigenvalue weighted by Crippen LogP contribution is -2.01. The number of nitrogens with zero attached hydrogens (tertiary/aromatic N) is 3. The van der Waals surface area contributed by atoms with Gasteiger partial charge in [-0.15, -0.1) is 0 Å². The number of hydrogen-bond donors (Lipinski definition) is 2. The van der Waals surface area contributed by atoms with Crippen LogP contribution in [-0.4, -0.2) is 17.6 Å². The molecular formula is C10H8N4O2. The highest BCUT2D eigenvalue weighted by molar-refractivity contribution is 5.91. The van der Waals surface area contributed by atoms with Crippen LogP contribution in [0.15, 0.2) is 23.3 Å². The molecule has 3 N–H and O–H groups in total. The third-order valence-electron chi connectivity index (χ3n) is 1.71. The topological polar surface area (TPSA) is 112 Å². The van der Waals surface area contributed by atoms with Crippen molar-refractivity contribution in [2.45, 2.75) is 0 Å². The summed E-state index contributed by atoms with van der Waals surface area (Å²) >= 11 is 0. The number of carboxylic acids is 1. The van der Waals surface area contributed by atoms with Gasteiger partial charge in [0.25, 0.3) is 0 Å². The maximum Gasteiger partial charge on any atom is 0.337 e. The van der Waals surface area contributed by atoms with Crippen molar-refractivity contribution < 1.29 is 9.90 Å². The molecule has 0 aromatic heterocycles. The number of carbonyl (C=O) groups is 1. The van der Waals surface area contributed by atoms with Crippen molar-refractivity contribution >= 4 is 11.7 Å². The minimum absolute atomic E-state index is 0.0000640. The van der Waals surface area contributed by atoms with E-state index in [4.69, 9.17) is 16.4 Å². The van der Waals surface area contributed by atoms with E-state index in [0.29, 0.717) is 11.3 Å². The van der Waals surface area contributed by atoms with Gasteiger partial charge in [0.15, 0.2) is 0 Å². The fourth-order valence-corrected chi connectivity index (χ4v) is 1.05. The highest BCUT2D eigenvalue weighted by atomic mass is 16.4. The van der Waals surface area contributed by atoms with E-state index in [1.54, 1.807) is 6.07 Å². The van der Waals surface area contributed by atoms with Crippen LogP contribution in [0.2, 0.25) is 0 Å². The first-order chi connectivity index (χ1) is 7.65. The van der Waals surface area contributed by atoms with Crippen molar-refractivity contribution in [2.24, 2.45) is 5.11 Å². The first-order valence-electron chi connectivity index (χ1n) is 4.27. The molecule has 0 bridgehead atoms. The molecular weight excluding hydrogens is 208 g/mol. The van der Waals surface area contributed by atoms with E-state index in [2.05, 4.69) is 21.9 Å². The molecule has 0 radical (unpaired) electrons. The minimum Gasteiger partial charge on any atom is -0.478 e. The highest BCUT2D eigenvalue weighted by Gasteiger charge is 2.08. The van der Waals surface area contributed by atoms with Crippen molar-refractivity contribution in [1.29, 1.82) is 0 Å². The second-order valence-corrected chi connectivity index (χ2v) is 2.80. The van der Waals surface area contributed by atoms with E-state index in [1.165, 1.54) is 12.1 Å². The van der Waals surface area contributed by atoms with Gasteiger partial charge < -0.3 is 10.8 Å². The van der Waals surface area contributed by atoms with Crippen LogP contribution < -0.4 is 5.73 Å². The normalized spacial score (nSPS) is 8.50. The van der Waals surface area contributed by atoms with Crippen LogP contribution in [0.4, 0.5) is 5.69 Å². The summed E-state index contributed by atoms with van der Waals surface area (Å²) in [5.74, 6) is 4.05. The maximum absolute atomic E-state index is 10.9. The van der Waals surface area contributed by atoms with Crippen LogP contribution in [-0.2, 0) is 0 Å². The summed E-state index contributed by atoms with van der Waals surface area (Å²) in [7, 11) is 0. The second kappa shape index (κ2) is 5.29. The van der Waals surface area contributed by atoms with E-state index in [-0.39, 0.29) is 12.1 Å². The highest BCUT2D eigenvalue weighted by Crippen LogP contribution is 2.12. The maximum atomic E-state index is 10.9. The Morgan fingerprint density at radius 3 is 3.00 bits per heavy atom. The number of nitrogen functional groups attached to an aromatic ring is 1.